The van der Waals surface area contributed by atoms with Crippen LogP contribution in [0, 0.1) is 0 Å². The van der Waals surface area contributed by atoms with Gasteiger partial charge in [0.1, 0.15) is 5.75 Å². The summed E-state index contributed by atoms with van der Waals surface area (Å²) in [6.07, 6.45) is 2.45. The van der Waals surface area contributed by atoms with Gasteiger partial charge in [0.15, 0.2) is 0 Å². The minimum absolute atomic E-state index is 0.699. The average Bonchev–Trinajstić information content (AvgIpc) is 2.36. The Labute approximate surface area is 103 Å². The summed E-state index contributed by atoms with van der Waals surface area (Å²) in [5.41, 5.74) is 1.19. The number of para-hydroxylation sites is 1. The van der Waals surface area contributed by atoms with Crippen molar-refractivity contribution in [3.05, 3.63) is 42.7 Å². The summed E-state index contributed by atoms with van der Waals surface area (Å²) in [4.78, 5) is 0. The van der Waals surface area contributed by atoms with Crippen molar-refractivity contribution >= 4 is 0 Å². The smallest absolute Gasteiger partial charge is 0.123 e. The summed E-state index contributed by atoms with van der Waals surface area (Å²) in [6, 6.07) is 8.10. The van der Waals surface area contributed by atoms with Gasteiger partial charge in [-0.2, -0.15) is 0 Å². The quantitative estimate of drug-likeness (QED) is 0.527. The second-order valence-corrected chi connectivity index (χ2v) is 3.61. The highest BCUT2D eigenvalue weighted by Crippen LogP contribution is 2.17. The highest BCUT2D eigenvalue weighted by molar-refractivity contribution is 5.33. The van der Waals surface area contributed by atoms with Crippen LogP contribution in [0.5, 0.6) is 5.75 Å². The second-order valence-electron chi connectivity index (χ2n) is 3.61. The van der Waals surface area contributed by atoms with Gasteiger partial charge >= 0.3 is 0 Å². The van der Waals surface area contributed by atoms with Crippen LogP contribution in [0.1, 0.15) is 18.9 Å². The van der Waals surface area contributed by atoms with Crippen molar-refractivity contribution in [2.75, 3.05) is 19.8 Å². The number of nitrogens with one attached hydrogen (secondary N) is 1. The topological polar surface area (TPSA) is 30.5 Å². The van der Waals surface area contributed by atoms with E-state index in [1.807, 2.05) is 25.1 Å². The Balaban J connectivity index is 2.28. The van der Waals surface area contributed by atoms with Crippen molar-refractivity contribution in [1.82, 2.24) is 5.32 Å². The highest BCUT2D eigenvalue weighted by Gasteiger charge is 2.00. The number of rotatable bonds is 9. The predicted octanol–water partition coefficient (Wildman–Crippen LogP) is 2.73. The van der Waals surface area contributed by atoms with Gasteiger partial charge in [0.25, 0.3) is 0 Å². The third kappa shape index (κ3) is 5.41. The lowest BCUT2D eigenvalue weighted by atomic mass is 10.2. The lowest BCUT2D eigenvalue weighted by Crippen LogP contribution is -2.16. The van der Waals surface area contributed by atoms with Gasteiger partial charge in [0, 0.05) is 12.1 Å². The van der Waals surface area contributed by atoms with Gasteiger partial charge in [-0.05, 0) is 26.0 Å². The van der Waals surface area contributed by atoms with E-state index >= 15 is 0 Å². The first-order chi connectivity index (χ1) is 8.38. The highest BCUT2D eigenvalue weighted by atomic mass is 16.5. The molecule has 1 rings (SSSR count). The first-order valence-corrected chi connectivity index (χ1v) is 6.02. The van der Waals surface area contributed by atoms with Crippen LogP contribution in [-0.4, -0.2) is 19.8 Å². The maximum atomic E-state index is 5.55. The van der Waals surface area contributed by atoms with E-state index < -0.39 is 0 Å². The summed E-state index contributed by atoms with van der Waals surface area (Å²) in [5, 5.41) is 3.37. The molecule has 1 N–H and O–H groups in total. The second kappa shape index (κ2) is 8.65. The van der Waals surface area contributed by atoms with Gasteiger partial charge in [-0.15, -0.1) is 0 Å². The Hall–Kier alpha value is -1.48. The fourth-order valence-electron chi connectivity index (χ4n) is 1.53. The van der Waals surface area contributed by atoms with E-state index in [0.717, 1.165) is 25.3 Å². The van der Waals surface area contributed by atoms with Crippen molar-refractivity contribution < 1.29 is 9.47 Å². The number of ether oxygens (including phenoxy) is 2. The Kier molecular flexibility index (Phi) is 6.91. The Morgan fingerprint density at radius 1 is 1.35 bits per heavy atom. The SMILES string of the molecule is C=COCCCNCc1ccccc1OCC. The Morgan fingerprint density at radius 2 is 2.18 bits per heavy atom. The molecule has 1 aromatic rings. The molecule has 17 heavy (non-hydrogen) atoms. The third-order valence-electron chi connectivity index (χ3n) is 2.32. The van der Waals surface area contributed by atoms with Crippen molar-refractivity contribution in [3.63, 3.8) is 0 Å². The summed E-state index contributed by atoms with van der Waals surface area (Å²) < 4.78 is 10.6. The molecule has 0 aliphatic rings. The van der Waals surface area contributed by atoms with E-state index in [2.05, 4.69) is 18.0 Å². The van der Waals surface area contributed by atoms with Crippen molar-refractivity contribution in [2.45, 2.75) is 19.9 Å². The molecular formula is C14H21NO2. The molecule has 0 saturated heterocycles. The number of hydrogen-bond donors (Lipinski definition) is 1. The molecule has 3 nitrogen and oxygen atoms in total. The zero-order valence-corrected chi connectivity index (χ0v) is 10.4. The van der Waals surface area contributed by atoms with E-state index in [0.29, 0.717) is 13.2 Å². The van der Waals surface area contributed by atoms with E-state index in [4.69, 9.17) is 9.47 Å². The van der Waals surface area contributed by atoms with Crippen molar-refractivity contribution in [3.8, 4) is 5.75 Å². The maximum Gasteiger partial charge on any atom is 0.123 e. The largest absolute Gasteiger partial charge is 0.502 e. The van der Waals surface area contributed by atoms with Crippen LogP contribution in [0.2, 0.25) is 0 Å². The monoisotopic (exact) mass is 235 g/mol. The van der Waals surface area contributed by atoms with E-state index in [-0.39, 0.29) is 0 Å². The van der Waals surface area contributed by atoms with Crippen LogP contribution in [0.3, 0.4) is 0 Å². The number of benzene rings is 1. The van der Waals surface area contributed by atoms with Gasteiger partial charge in [0.05, 0.1) is 19.5 Å². The fraction of sp³-hybridized carbons (Fsp3) is 0.429. The number of hydrogen-bond acceptors (Lipinski definition) is 3. The summed E-state index contributed by atoms with van der Waals surface area (Å²) in [7, 11) is 0. The van der Waals surface area contributed by atoms with Gasteiger partial charge in [-0.3, -0.25) is 0 Å². The standard InChI is InChI=1S/C14H21NO2/c1-3-16-11-7-10-15-12-13-8-5-6-9-14(13)17-4-2/h3,5-6,8-9,15H,1,4,7,10-12H2,2H3. The first kappa shape index (κ1) is 13.6. The van der Waals surface area contributed by atoms with E-state index in [9.17, 15) is 0 Å². The molecule has 0 spiro atoms. The molecule has 0 saturated carbocycles. The van der Waals surface area contributed by atoms with Gasteiger partial charge < -0.3 is 14.8 Å². The summed E-state index contributed by atoms with van der Waals surface area (Å²) in [5.74, 6) is 0.963. The molecule has 0 atom stereocenters. The fourth-order valence-corrected chi connectivity index (χ4v) is 1.53. The zero-order chi connectivity index (χ0) is 12.3. The molecule has 0 heterocycles. The van der Waals surface area contributed by atoms with Gasteiger partial charge in [0.2, 0.25) is 0 Å². The maximum absolute atomic E-state index is 5.55. The average molecular weight is 235 g/mol. The van der Waals surface area contributed by atoms with Gasteiger partial charge in [-0.25, -0.2) is 0 Å². The summed E-state index contributed by atoms with van der Waals surface area (Å²) >= 11 is 0. The molecule has 0 fully saturated rings. The Bertz CT molecular complexity index is 326. The van der Waals surface area contributed by atoms with E-state index in [1.165, 1.54) is 11.8 Å². The molecule has 0 aromatic heterocycles. The summed E-state index contributed by atoms with van der Waals surface area (Å²) in [6.45, 7) is 8.65. The minimum atomic E-state index is 0.699. The molecule has 0 radical (unpaired) electrons. The molecular weight excluding hydrogens is 214 g/mol. The molecule has 1 aromatic carbocycles. The van der Waals surface area contributed by atoms with Gasteiger partial charge in [-0.1, -0.05) is 24.8 Å². The van der Waals surface area contributed by atoms with E-state index in [1.54, 1.807) is 0 Å². The Morgan fingerprint density at radius 3 is 2.94 bits per heavy atom. The van der Waals surface area contributed by atoms with Crippen LogP contribution >= 0.6 is 0 Å². The van der Waals surface area contributed by atoms with Crippen molar-refractivity contribution in [1.29, 1.82) is 0 Å². The van der Waals surface area contributed by atoms with Crippen LogP contribution in [-0.2, 0) is 11.3 Å². The molecule has 94 valence electrons. The molecule has 0 amide bonds. The normalized spacial score (nSPS) is 9.94. The van der Waals surface area contributed by atoms with Crippen LogP contribution in [0.15, 0.2) is 37.1 Å². The lowest BCUT2D eigenvalue weighted by Gasteiger charge is -2.10. The van der Waals surface area contributed by atoms with Crippen LogP contribution < -0.4 is 10.1 Å². The zero-order valence-electron chi connectivity index (χ0n) is 10.4. The van der Waals surface area contributed by atoms with Crippen LogP contribution in [0.4, 0.5) is 0 Å². The molecule has 0 aliphatic carbocycles. The minimum Gasteiger partial charge on any atom is -0.502 e. The molecule has 0 aliphatic heterocycles. The predicted molar refractivity (Wildman–Crippen MR) is 70.1 cm³/mol. The molecule has 0 bridgehead atoms. The first-order valence-electron chi connectivity index (χ1n) is 6.02. The molecule has 3 heteroatoms. The molecule has 0 unspecified atom stereocenters. The van der Waals surface area contributed by atoms with Crippen LogP contribution in [0.25, 0.3) is 0 Å². The third-order valence-corrected chi connectivity index (χ3v) is 2.32. The lowest BCUT2D eigenvalue weighted by molar-refractivity contribution is 0.244. The van der Waals surface area contributed by atoms with Crippen molar-refractivity contribution in [2.24, 2.45) is 0 Å².